The van der Waals surface area contributed by atoms with Crippen molar-refractivity contribution < 1.29 is 9.63 Å². The summed E-state index contributed by atoms with van der Waals surface area (Å²) in [6.45, 7) is 8.06. The van der Waals surface area contributed by atoms with Crippen LogP contribution in [-0.2, 0) is 9.63 Å². The van der Waals surface area contributed by atoms with Gasteiger partial charge >= 0.3 is 0 Å². The van der Waals surface area contributed by atoms with Gasteiger partial charge < -0.3 is 10.2 Å². The van der Waals surface area contributed by atoms with E-state index >= 15 is 0 Å². The third-order valence-corrected chi connectivity index (χ3v) is 6.78. The van der Waals surface area contributed by atoms with Gasteiger partial charge in [0.15, 0.2) is 6.61 Å². The molecule has 1 amide bonds. The number of hydrogen-bond acceptors (Lipinski definition) is 3. The number of alkyl halides is 2. The lowest BCUT2D eigenvalue weighted by Gasteiger charge is -2.27. The lowest BCUT2D eigenvalue weighted by atomic mass is 9.85. The Bertz CT molecular complexity index is 541. The van der Waals surface area contributed by atoms with Crippen LogP contribution in [0.1, 0.15) is 31.4 Å². The number of carbonyl (C=O) groups excluding carboxylic acids is 1. The van der Waals surface area contributed by atoms with Crippen molar-refractivity contribution >= 4 is 62.5 Å². The molecular formula is C17H24I2N2O2. The second-order valence-electron chi connectivity index (χ2n) is 5.78. The first-order chi connectivity index (χ1) is 10.9. The van der Waals surface area contributed by atoms with Crippen LogP contribution >= 0.6 is 45.2 Å². The summed E-state index contributed by atoms with van der Waals surface area (Å²) in [5.41, 5.74) is 4.02. The van der Waals surface area contributed by atoms with Crippen LogP contribution in [0.15, 0.2) is 23.4 Å². The number of carbonyl (C=O) groups is 1. The van der Waals surface area contributed by atoms with E-state index < -0.39 is 0 Å². The fourth-order valence-corrected chi connectivity index (χ4v) is 5.96. The quantitative estimate of drug-likeness (QED) is 0.220. The molecule has 0 fully saturated rings. The summed E-state index contributed by atoms with van der Waals surface area (Å²) < 4.78 is 1.97. The maximum atomic E-state index is 12.0. The highest BCUT2D eigenvalue weighted by Crippen LogP contribution is 2.29. The highest BCUT2D eigenvalue weighted by molar-refractivity contribution is 14.1. The number of anilines is 1. The topological polar surface area (TPSA) is 50.7 Å². The Labute approximate surface area is 166 Å². The molecule has 0 aliphatic carbocycles. The molecule has 6 heteroatoms. The van der Waals surface area contributed by atoms with Gasteiger partial charge in [-0.05, 0) is 50.5 Å². The SMILES string of the molecule is CCC(CI)(CI)/C(C)=N/OCC(=O)Nc1cc(C)cc(C)c1. The largest absolute Gasteiger partial charge is 0.386 e. The summed E-state index contributed by atoms with van der Waals surface area (Å²) in [6, 6.07) is 5.94. The maximum Gasteiger partial charge on any atom is 0.265 e. The van der Waals surface area contributed by atoms with E-state index in [1.54, 1.807) is 0 Å². The molecule has 0 saturated carbocycles. The summed E-state index contributed by atoms with van der Waals surface area (Å²) in [6.07, 6.45) is 1.01. The Morgan fingerprint density at radius 3 is 2.26 bits per heavy atom. The Balaban J connectivity index is 2.60. The molecular weight excluding hydrogens is 518 g/mol. The van der Waals surface area contributed by atoms with Gasteiger partial charge in [0, 0.05) is 20.0 Å². The Morgan fingerprint density at radius 1 is 1.22 bits per heavy atom. The van der Waals surface area contributed by atoms with Crippen LogP contribution in [0.2, 0.25) is 0 Å². The molecule has 1 aromatic rings. The number of amides is 1. The van der Waals surface area contributed by atoms with Crippen LogP contribution in [-0.4, -0.2) is 27.1 Å². The minimum Gasteiger partial charge on any atom is -0.386 e. The van der Waals surface area contributed by atoms with E-state index in [9.17, 15) is 4.79 Å². The molecule has 23 heavy (non-hydrogen) atoms. The minimum absolute atomic E-state index is 0.0469. The van der Waals surface area contributed by atoms with Crippen molar-refractivity contribution in [3.63, 3.8) is 0 Å². The van der Waals surface area contributed by atoms with Gasteiger partial charge in [0.25, 0.3) is 5.91 Å². The van der Waals surface area contributed by atoms with E-state index in [0.29, 0.717) is 0 Å². The number of oxime groups is 1. The van der Waals surface area contributed by atoms with Crippen LogP contribution in [0.4, 0.5) is 5.69 Å². The van der Waals surface area contributed by atoms with Crippen LogP contribution in [0.5, 0.6) is 0 Å². The third kappa shape index (κ3) is 6.21. The molecule has 4 nitrogen and oxygen atoms in total. The molecule has 0 aromatic heterocycles. The monoisotopic (exact) mass is 542 g/mol. The molecule has 0 bridgehead atoms. The van der Waals surface area contributed by atoms with Gasteiger partial charge in [0.2, 0.25) is 0 Å². The standard InChI is InChI=1S/C17H24I2N2O2/c1-5-17(10-18,11-19)14(4)21-23-9-16(22)20-15-7-12(2)6-13(3)8-15/h6-8H,5,9-11H2,1-4H3,(H,20,22)/b21-14+. The number of rotatable bonds is 8. The van der Waals surface area contributed by atoms with Gasteiger partial charge in [-0.25, -0.2) is 0 Å². The molecule has 0 aliphatic rings. The third-order valence-electron chi connectivity index (χ3n) is 3.86. The summed E-state index contributed by atoms with van der Waals surface area (Å²) in [4.78, 5) is 17.2. The van der Waals surface area contributed by atoms with E-state index in [1.165, 1.54) is 0 Å². The maximum absolute atomic E-state index is 12.0. The highest BCUT2D eigenvalue weighted by Gasteiger charge is 2.29. The Hall–Kier alpha value is -0.380. The molecule has 0 spiro atoms. The fourth-order valence-electron chi connectivity index (χ4n) is 2.20. The summed E-state index contributed by atoms with van der Waals surface area (Å²) >= 11 is 4.77. The van der Waals surface area contributed by atoms with Gasteiger partial charge in [-0.2, -0.15) is 0 Å². The summed E-state index contributed by atoms with van der Waals surface area (Å²) in [5.74, 6) is -0.197. The number of nitrogens with zero attached hydrogens (tertiary/aromatic N) is 1. The molecule has 0 saturated heterocycles. The van der Waals surface area contributed by atoms with Crippen molar-refractivity contribution in [1.82, 2.24) is 0 Å². The van der Waals surface area contributed by atoms with Crippen molar-refractivity contribution in [3.05, 3.63) is 29.3 Å². The molecule has 0 aliphatic heterocycles. The van der Waals surface area contributed by atoms with Gasteiger partial charge in [0.05, 0.1) is 5.71 Å². The lowest BCUT2D eigenvalue weighted by molar-refractivity contribution is -0.120. The number of nitrogens with one attached hydrogen (secondary N) is 1. The minimum atomic E-state index is -0.197. The first-order valence-electron chi connectivity index (χ1n) is 7.54. The highest BCUT2D eigenvalue weighted by atomic mass is 127. The number of hydrogen-bond donors (Lipinski definition) is 1. The molecule has 0 heterocycles. The van der Waals surface area contributed by atoms with E-state index in [1.807, 2.05) is 32.9 Å². The smallest absolute Gasteiger partial charge is 0.265 e. The molecule has 1 N–H and O–H groups in total. The van der Waals surface area contributed by atoms with Gasteiger partial charge in [-0.3, -0.25) is 4.79 Å². The first kappa shape index (κ1) is 20.7. The molecule has 0 radical (unpaired) electrons. The predicted octanol–water partition coefficient (Wildman–Crippen LogP) is 4.90. The normalized spacial score (nSPS) is 12.2. The van der Waals surface area contributed by atoms with E-state index in [-0.39, 0.29) is 17.9 Å². The second kappa shape index (κ2) is 9.80. The zero-order chi connectivity index (χ0) is 17.5. The van der Waals surface area contributed by atoms with E-state index in [4.69, 9.17) is 4.84 Å². The first-order valence-corrected chi connectivity index (χ1v) is 10.6. The average molecular weight is 542 g/mol. The van der Waals surface area contributed by atoms with Crippen molar-refractivity contribution in [2.24, 2.45) is 10.6 Å². The zero-order valence-corrected chi connectivity index (χ0v) is 18.4. The number of benzene rings is 1. The average Bonchev–Trinajstić information content (AvgIpc) is 2.48. The van der Waals surface area contributed by atoms with Gasteiger partial charge in [0.1, 0.15) is 0 Å². The Kier molecular flexibility index (Phi) is 8.81. The lowest BCUT2D eigenvalue weighted by Crippen LogP contribution is -2.32. The Morgan fingerprint density at radius 2 is 1.78 bits per heavy atom. The zero-order valence-electron chi connectivity index (χ0n) is 14.1. The molecule has 0 atom stereocenters. The van der Waals surface area contributed by atoms with Gasteiger partial charge in [-0.15, -0.1) is 0 Å². The van der Waals surface area contributed by atoms with Crippen molar-refractivity contribution in [2.45, 2.75) is 34.1 Å². The molecule has 0 unspecified atom stereocenters. The van der Waals surface area contributed by atoms with Crippen molar-refractivity contribution in [1.29, 1.82) is 0 Å². The fraction of sp³-hybridized carbons (Fsp3) is 0.529. The predicted molar refractivity (Wildman–Crippen MR) is 114 cm³/mol. The van der Waals surface area contributed by atoms with Gasteiger partial charge in [-0.1, -0.05) is 63.3 Å². The van der Waals surface area contributed by atoms with E-state index in [0.717, 1.165) is 37.8 Å². The van der Waals surface area contributed by atoms with Crippen LogP contribution in [0.25, 0.3) is 0 Å². The number of halogens is 2. The van der Waals surface area contributed by atoms with Crippen LogP contribution in [0, 0.1) is 19.3 Å². The van der Waals surface area contributed by atoms with Crippen LogP contribution in [0.3, 0.4) is 0 Å². The van der Waals surface area contributed by atoms with E-state index in [2.05, 4.69) is 68.6 Å². The van der Waals surface area contributed by atoms with Crippen molar-refractivity contribution in [3.8, 4) is 0 Å². The number of aryl methyl sites for hydroxylation is 2. The molecule has 128 valence electrons. The van der Waals surface area contributed by atoms with Crippen molar-refractivity contribution in [2.75, 3.05) is 20.8 Å². The summed E-state index contributed by atoms with van der Waals surface area (Å²) in [5, 5.41) is 7.01. The molecule has 1 aromatic carbocycles. The van der Waals surface area contributed by atoms with Crippen LogP contribution < -0.4 is 5.32 Å². The second-order valence-corrected chi connectivity index (χ2v) is 7.30. The summed E-state index contributed by atoms with van der Waals surface area (Å²) in [7, 11) is 0. The molecule has 1 rings (SSSR count).